The molecule has 2 heterocycles. The quantitative estimate of drug-likeness (QED) is 0.107. The van der Waals surface area contributed by atoms with Gasteiger partial charge in [-0.05, 0) is 203 Å². The van der Waals surface area contributed by atoms with Crippen LogP contribution in [0.15, 0.2) is 423 Å². The fraction of sp³-hybridized carbons (Fsp3) is 0.0270. The minimum atomic E-state index is -0.621. The van der Waals surface area contributed by atoms with Crippen molar-refractivity contribution < 1.29 is 4.42 Å². The largest absolute Gasteiger partial charge is 0.456 e. The van der Waals surface area contributed by atoms with Crippen molar-refractivity contribution in [1.82, 2.24) is 0 Å². The molecule has 0 bridgehead atoms. The van der Waals surface area contributed by atoms with Crippen molar-refractivity contribution in [3.05, 3.63) is 463 Å². The molecule has 538 valence electrons. The first-order chi connectivity index (χ1) is 56.9. The van der Waals surface area contributed by atoms with Gasteiger partial charge in [-0.25, -0.2) is 0 Å². The van der Waals surface area contributed by atoms with Crippen molar-refractivity contribution in [1.29, 1.82) is 0 Å². The summed E-state index contributed by atoms with van der Waals surface area (Å²) >= 11 is 1.90. The second-order valence-corrected chi connectivity index (χ2v) is 31.9. The van der Waals surface area contributed by atoms with Gasteiger partial charge in [-0.3, -0.25) is 0 Å². The molecule has 4 aliphatic rings. The Morgan fingerprint density at radius 2 is 0.722 bits per heavy atom. The van der Waals surface area contributed by atoms with E-state index in [0.717, 1.165) is 72.8 Å². The molecule has 0 amide bonds. The minimum absolute atomic E-state index is 0.513. The number of hydrogen-bond donors (Lipinski definition) is 0. The van der Waals surface area contributed by atoms with Crippen LogP contribution in [0.2, 0.25) is 0 Å². The summed E-state index contributed by atoms with van der Waals surface area (Å²) in [4.78, 5) is 5.07. The number of thiophene rings is 1. The molecule has 0 saturated carbocycles. The van der Waals surface area contributed by atoms with Gasteiger partial charge >= 0.3 is 0 Å². The van der Waals surface area contributed by atoms with E-state index >= 15 is 0 Å². The van der Waals surface area contributed by atoms with E-state index in [2.05, 4.69) is 418 Å². The van der Waals surface area contributed by atoms with Crippen LogP contribution in [0.3, 0.4) is 0 Å². The minimum Gasteiger partial charge on any atom is -0.456 e. The lowest BCUT2D eigenvalue weighted by atomic mass is 9.70. The average Bonchev–Trinajstić information content (AvgIpc) is 1.51. The van der Waals surface area contributed by atoms with Gasteiger partial charge < -0.3 is 14.2 Å². The van der Waals surface area contributed by atoms with Crippen molar-refractivity contribution in [2.45, 2.75) is 17.8 Å². The third-order valence-corrected chi connectivity index (χ3v) is 26.4. The Hall–Kier alpha value is -14.4. The predicted octanol–water partition coefficient (Wildman–Crippen LogP) is 30.4. The Labute approximate surface area is 672 Å². The predicted molar refractivity (Wildman–Crippen MR) is 483 cm³/mol. The molecule has 17 aromatic carbocycles. The van der Waals surface area contributed by atoms with Crippen molar-refractivity contribution in [2.24, 2.45) is 0 Å². The smallest absolute Gasteiger partial charge is 0.135 e. The monoisotopic (exact) mass is 1480 g/mol. The van der Waals surface area contributed by atoms with E-state index in [-0.39, 0.29) is 0 Å². The van der Waals surface area contributed by atoms with Gasteiger partial charge in [-0.2, -0.15) is 0 Å². The summed E-state index contributed by atoms with van der Waals surface area (Å²) in [6.07, 6.45) is 6.22. The van der Waals surface area contributed by atoms with Crippen LogP contribution in [-0.4, -0.2) is 0 Å². The molecule has 23 rings (SSSR count). The number of benzene rings is 17. The number of hydrogen-bond acceptors (Lipinski definition) is 4. The zero-order valence-electron chi connectivity index (χ0n) is 63.1. The second kappa shape index (κ2) is 26.1. The third-order valence-electron chi connectivity index (χ3n) is 25.2. The summed E-state index contributed by atoms with van der Waals surface area (Å²) in [7, 11) is 0. The highest BCUT2D eigenvalue weighted by Gasteiger charge is 2.54. The lowest BCUT2D eigenvalue weighted by molar-refractivity contribution is 0.669. The molecule has 2 unspecified atom stereocenters. The molecule has 0 aliphatic heterocycles. The summed E-state index contributed by atoms with van der Waals surface area (Å²) in [6.45, 7) is 6.45. The Morgan fingerprint density at radius 3 is 1.37 bits per heavy atom. The standard InChI is InChI=1S/C111H72N2OS/c1-3-4-32-80-70(2)110(93-42-18-11-34-82(80)93)95-44-20-13-38-89(95)107-98(110)46-26-50-102(107)113(79-62-55-74(56-63-79)72-30-9-6-10-31-72)101-49-23-16-36-84(101)87-40-25-41-88-86-64-57-76(69-106(86)115-109(87)88)75-58-65-97-91(67-75)83-35-12-19-43-94(83)111(97)96-45-21-14-39-90(96)108-99(111)47-27-51-103(108)112(78-60-53-73(54-61-78)71-28-7-5-8-29-71)100-48-22-15-33-81(100)77-59-66-105-92(68-77)85-37-17-24-52-104(85)114-105/h3-69H,1H2,2H3/b32-4-. The lowest BCUT2D eigenvalue weighted by Gasteiger charge is -2.33. The summed E-state index contributed by atoms with van der Waals surface area (Å²) in [6, 6.07) is 145. The van der Waals surface area contributed by atoms with Crippen molar-refractivity contribution in [3.8, 4) is 89.0 Å². The van der Waals surface area contributed by atoms with Gasteiger partial charge in [-0.15, -0.1) is 11.3 Å². The van der Waals surface area contributed by atoms with Crippen LogP contribution in [-0.2, 0) is 10.8 Å². The summed E-state index contributed by atoms with van der Waals surface area (Å²) in [5.41, 5.74) is 39.2. The normalized spacial score (nSPS) is 15.2. The number of fused-ring (bicyclic) bond motifs is 23. The fourth-order valence-electron chi connectivity index (χ4n) is 20.3. The number of allylic oxidation sites excluding steroid dienone is 5. The maximum atomic E-state index is 6.42. The molecule has 2 aromatic heterocycles. The fourth-order valence-corrected chi connectivity index (χ4v) is 21.6. The molecule has 2 spiro atoms. The van der Waals surface area contributed by atoms with Crippen LogP contribution in [0.4, 0.5) is 34.1 Å². The second-order valence-electron chi connectivity index (χ2n) is 30.8. The number of anilines is 6. The van der Waals surface area contributed by atoms with E-state index in [9.17, 15) is 0 Å². The molecule has 2 atom stereocenters. The Bertz CT molecular complexity index is 7320. The van der Waals surface area contributed by atoms with Gasteiger partial charge in [-0.1, -0.05) is 334 Å². The van der Waals surface area contributed by atoms with Gasteiger partial charge in [0, 0.05) is 70.1 Å². The van der Waals surface area contributed by atoms with Crippen molar-refractivity contribution >= 4 is 93.1 Å². The van der Waals surface area contributed by atoms with Crippen LogP contribution in [0.1, 0.15) is 51.4 Å². The van der Waals surface area contributed by atoms with Crippen LogP contribution < -0.4 is 9.80 Å². The van der Waals surface area contributed by atoms with Crippen LogP contribution in [0.5, 0.6) is 0 Å². The first-order valence-electron chi connectivity index (χ1n) is 39.7. The zero-order chi connectivity index (χ0) is 76.0. The topological polar surface area (TPSA) is 19.6 Å². The molecule has 4 heteroatoms. The number of para-hydroxylation sites is 3. The number of nitrogens with zero attached hydrogens (tertiary/aromatic N) is 2. The summed E-state index contributed by atoms with van der Waals surface area (Å²) in [5, 5.41) is 4.70. The molecule has 3 nitrogen and oxygen atoms in total. The summed E-state index contributed by atoms with van der Waals surface area (Å²) in [5.74, 6) is 0. The highest BCUT2D eigenvalue weighted by atomic mass is 32.1. The van der Waals surface area contributed by atoms with Crippen molar-refractivity contribution in [3.63, 3.8) is 0 Å². The van der Waals surface area contributed by atoms with E-state index in [1.54, 1.807) is 0 Å². The van der Waals surface area contributed by atoms with Gasteiger partial charge in [0.25, 0.3) is 0 Å². The SMILES string of the molecule is C=C/C=C\C1=C(C)C2(c3ccccc31)c1ccccc1-c1c(N(c3ccc(-c4ccccc4)cc3)c3ccccc3-c3cccc4c3sc3cc(-c5ccc6c(c5)-c5ccccc5C65c6ccccc6-c6c(N(c7ccc(-c8ccccc8)cc7)c7ccccc7-c7ccc8oc9ccccc9c8c7)cccc65)ccc34)cccc12. The lowest BCUT2D eigenvalue weighted by Crippen LogP contribution is -2.26. The molecule has 0 radical (unpaired) electrons. The highest BCUT2D eigenvalue weighted by molar-refractivity contribution is 7.26. The number of rotatable bonds is 13. The van der Waals surface area contributed by atoms with E-state index in [1.807, 2.05) is 23.5 Å². The van der Waals surface area contributed by atoms with Crippen LogP contribution >= 0.6 is 11.3 Å². The highest BCUT2D eigenvalue weighted by Crippen LogP contribution is 2.67. The molecule has 0 fully saturated rings. The molecular weight excluding hydrogens is 1410 g/mol. The van der Waals surface area contributed by atoms with Crippen molar-refractivity contribution in [2.75, 3.05) is 9.80 Å². The van der Waals surface area contributed by atoms with Gasteiger partial charge in [0.05, 0.1) is 33.6 Å². The molecule has 115 heavy (non-hydrogen) atoms. The van der Waals surface area contributed by atoms with E-state index in [1.165, 1.54) is 148 Å². The first kappa shape index (κ1) is 66.4. The zero-order valence-corrected chi connectivity index (χ0v) is 63.9. The first-order valence-corrected chi connectivity index (χ1v) is 40.5. The third kappa shape index (κ3) is 9.77. The van der Waals surface area contributed by atoms with Gasteiger partial charge in [0.1, 0.15) is 11.2 Å². The molecule has 4 aliphatic carbocycles. The molecule has 19 aromatic rings. The maximum Gasteiger partial charge on any atom is 0.135 e. The van der Waals surface area contributed by atoms with E-state index in [0.29, 0.717) is 0 Å². The molecule has 0 saturated heterocycles. The van der Waals surface area contributed by atoms with Gasteiger partial charge in [0.15, 0.2) is 0 Å². The maximum absolute atomic E-state index is 6.42. The Kier molecular flexibility index (Phi) is 15.1. The van der Waals surface area contributed by atoms with Crippen LogP contribution in [0.25, 0.3) is 137 Å². The Morgan fingerprint density at radius 1 is 0.287 bits per heavy atom. The van der Waals surface area contributed by atoms with Crippen LogP contribution in [0, 0.1) is 0 Å². The molecular formula is C111H72N2OS. The number of furan rings is 1. The average molecular weight is 1480 g/mol. The summed E-state index contributed by atoms with van der Waals surface area (Å²) < 4.78 is 8.92. The Balaban J connectivity index is 0.658. The molecule has 0 N–H and O–H groups in total. The van der Waals surface area contributed by atoms with E-state index in [4.69, 9.17) is 4.42 Å². The van der Waals surface area contributed by atoms with Gasteiger partial charge in [0.2, 0.25) is 0 Å². The van der Waals surface area contributed by atoms with E-state index < -0.39 is 10.8 Å².